The number of hydrogen-bond donors (Lipinski definition) is 0. The highest BCUT2D eigenvalue weighted by Crippen LogP contribution is 2.41. The van der Waals surface area contributed by atoms with E-state index in [0.29, 0.717) is 0 Å². The number of fused-ring (bicyclic) bond motifs is 4. The Morgan fingerprint density at radius 2 is 1.56 bits per heavy atom. The van der Waals surface area contributed by atoms with Crippen molar-refractivity contribution in [3.63, 3.8) is 0 Å². The minimum Gasteiger partial charge on any atom is -0.322 e. The number of likely N-dealkylation sites (N-methyl/N-ethyl adjacent to an activating group) is 1. The fraction of sp³-hybridized carbons (Fsp3) is 0.300. The maximum absolute atomic E-state index is 5.03. The molecular formula is C20H19Br3N4. The lowest BCUT2D eigenvalue weighted by Gasteiger charge is -2.13. The van der Waals surface area contributed by atoms with Gasteiger partial charge < -0.3 is 9.47 Å². The summed E-state index contributed by atoms with van der Waals surface area (Å²) in [6.07, 6.45) is 0. The van der Waals surface area contributed by atoms with Crippen molar-refractivity contribution in [3.8, 4) is 0 Å². The third-order valence-corrected chi connectivity index (χ3v) is 8.23. The quantitative estimate of drug-likeness (QED) is 0.283. The highest BCUT2D eigenvalue weighted by molar-refractivity contribution is 9.14. The van der Waals surface area contributed by atoms with Crippen molar-refractivity contribution in [3.05, 3.63) is 42.7 Å². The summed E-state index contributed by atoms with van der Waals surface area (Å²) in [5.41, 5.74) is 7.32. The molecule has 0 N–H and O–H groups in total. The van der Waals surface area contributed by atoms with Gasteiger partial charge in [-0.1, -0.05) is 0 Å². The van der Waals surface area contributed by atoms with E-state index in [0.717, 1.165) is 59.6 Å². The maximum Gasteiger partial charge on any atom is 0.160 e. The summed E-state index contributed by atoms with van der Waals surface area (Å²) in [5, 5.41) is 1.10. The molecule has 7 heteroatoms. The fourth-order valence-corrected chi connectivity index (χ4v) is 4.96. The Morgan fingerprint density at radius 3 is 2.19 bits per heavy atom. The van der Waals surface area contributed by atoms with Crippen molar-refractivity contribution < 1.29 is 0 Å². The summed E-state index contributed by atoms with van der Waals surface area (Å²) < 4.78 is 5.28. The molecule has 0 spiro atoms. The van der Waals surface area contributed by atoms with E-state index in [1.807, 2.05) is 0 Å². The second-order valence-corrected chi connectivity index (χ2v) is 9.60. The lowest BCUT2D eigenvalue weighted by molar-refractivity contribution is 0.389. The van der Waals surface area contributed by atoms with Crippen LogP contribution in [0.15, 0.2) is 31.6 Å². The minimum atomic E-state index is 0.838. The fourth-order valence-electron chi connectivity index (χ4n) is 3.32. The van der Waals surface area contributed by atoms with E-state index in [9.17, 15) is 0 Å². The zero-order valence-electron chi connectivity index (χ0n) is 15.6. The highest BCUT2D eigenvalue weighted by atomic mass is 79.9. The number of rotatable bonds is 3. The normalized spacial score (nSPS) is 12.1. The Kier molecular flexibility index (Phi) is 5.08. The summed E-state index contributed by atoms with van der Waals surface area (Å²) >= 11 is 11.1. The predicted octanol–water partition coefficient (Wildman–Crippen LogP) is 6.20. The third-order valence-electron chi connectivity index (χ3n) is 4.95. The number of hydrogen-bond acceptors (Lipinski definition) is 3. The molecule has 0 bridgehead atoms. The molecule has 27 heavy (non-hydrogen) atoms. The van der Waals surface area contributed by atoms with Gasteiger partial charge in [0, 0.05) is 27.4 Å². The van der Waals surface area contributed by atoms with Gasteiger partial charge in [-0.15, -0.1) is 0 Å². The summed E-state index contributed by atoms with van der Waals surface area (Å²) in [4.78, 5) is 12.2. The lowest BCUT2D eigenvalue weighted by Crippen LogP contribution is -2.18. The zero-order valence-corrected chi connectivity index (χ0v) is 20.3. The van der Waals surface area contributed by atoms with Crippen LogP contribution in [0.1, 0.15) is 11.1 Å². The van der Waals surface area contributed by atoms with Gasteiger partial charge in [-0.05, 0) is 105 Å². The lowest BCUT2D eigenvalue weighted by atomic mass is 10.1. The van der Waals surface area contributed by atoms with Crippen molar-refractivity contribution in [2.75, 3.05) is 20.6 Å². The van der Waals surface area contributed by atoms with Gasteiger partial charge in [0.25, 0.3) is 0 Å². The first kappa shape index (κ1) is 19.3. The van der Waals surface area contributed by atoms with Gasteiger partial charge in [0.2, 0.25) is 0 Å². The van der Waals surface area contributed by atoms with Crippen molar-refractivity contribution in [1.29, 1.82) is 0 Å². The van der Waals surface area contributed by atoms with Crippen LogP contribution in [0.5, 0.6) is 0 Å². The molecule has 140 valence electrons. The number of benzene rings is 2. The molecule has 0 unspecified atom stereocenters. The van der Waals surface area contributed by atoms with E-state index in [4.69, 9.17) is 9.97 Å². The van der Waals surface area contributed by atoms with Gasteiger partial charge in [0.1, 0.15) is 5.52 Å². The van der Waals surface area contributed by atoms with Gasteiger partial charge >= 0.3 is 0 Å². The molecule has 2 aromatic heterocycles. The molecule has 4 rings (SSSR count). The van der Waals surface area contributed by atoms with Crippen molar-refractivity contribution in [2.24, 2.45) is 0 Å². The highest BCUT2D eigenvalue weighted by Gasteiger charge is 2.20. The monoisotopic (exact) mass is 552 g/mol. The van der Waals surface area contributed by atoms with Gasteiger partial charge in [-0.3, -0.25) is 0 Å². The molecule has 0 aliphatic rings. The Morgan fingerprint density at radius 1 is 0.926 bits per heavy atom. The smallest absolute Gasteiger partial charge is 0.160 e. The Hall–Kier alpha value is -1.02. The number of nitrogens with zero attached hydrogens (tertiary/aromatic N) is 4. The zero-order chi connectivity index (χ0) is 19.5. The first-order valence-electron chi connectivity index (χ1n) is 8.67. The average molecular weight is 555 g/mol. The largest absolute Gasteiger partial charge is 0.322 e. The van der Waals surface area contributed by atoms with Crippen LogP contribution in [0, 0.1) is 13.8 Å². The molecule has 4 aromatic rings. The Bertz CT molecular complexity index is 1210. The standard InChI is InChI=1S/C20H19Br3N4/c1-10-7-14-15(8-11(10)2)25-20-18(24-14)12-9-13(21)16(22)17(23)19(12)27(20)6-5-26(3)4/h7-9H,5-6H2,1-4H3. The van der Waals surface area contributed by atoms with E-state index in [1.165, 1.54) is 11.1 Å². The third kappa shape index (κ3) is 3.22. The molecule has 0 saturated carbocycles. The van der Waals surface area contributed by atoms with Gasteiger partial charge in [-0.2, -0.15) is 0 Å². The minimum absolute atomic E-state index is 0.838. The number of aryl methyl sites for hydroxylation is 2. The number of aromatic nitrogens is 3. The van der Waals surface area contributed by atoms with Crippen molar-refractivity contribution >= 4 is 80.9 Å². The molecule has 4 nitrogen and oxygen atoms in total. The Labute approximate surface area is 183 Å². The topological polar surface area (TPSA) is 34.0 Å². The van der Waals surface area contributed by atoms with E-state index < -0.39 is 0 Å². The molecule has 0 aliphatic heterocycles. The second kappa shape index (κ2) is 7.10. The van der Waals surface area contributed by atoms with Gasteiger partial charge in [0.05, 0.1) is 21.0 Å². The van der Waals surface area contributed by atoms with Crippen LogP contribution in [0.2, 0.25) is 0 Å². The van der Waals surface area contributed by atoms with Crippen LogP contribution in [-0.2, 0) is 6.54 Å². The number of halogens is 3. The summed E-state index contributed by atoms with van der Waals surface area (Å²) in [6.45, 7) is 5.99. The first-order chi connectivity index (χ1) is 12.8. The van der Waals surface area contributed by atoms with Crippen LogP contribution >= 0.6 is 47.8 Å². The molecule has 2 heterocycles. The van der Waals surface area contributed by atoms with E-state index in [-0.39, 0.29) is 0 Å². The molecule has 0 aliphatic carbocycles. The summed E-state index contributed by atoms with van der Waals surface area (Å²) in [7, 11) is 4.17. The molecule has 2 aromatic carbocycles. The van der Waals surface area contributed by atoms with Gasteiger partial charge in [-0.25, -0.2) is 9.97 Å². The van der Waals surface area contributed by atoms with Crippen LogP contribution in [0.3, 0.4) is 0 Å². The molecule has 0 saturated heterocycles. The van der Waals surface area contributed by atoms with Crippen LogP contribution in [0.25, 0.3) is 33.1 Å². The van der Waals surface area contributed by atoms with E-state index in [2.05, 4.69) is 103 Å². The predicted molar refractivity (Wildman–Crippen MR) is 124 cm³/mol. The van der Waals surface area contributed by atoms with Crippen LogP contribution < -0.4 is 0 Å². The molecule has 0 atom stereocenters. The van der Waals surface area contributed by atoms with Crippen LogP contribution in [-0.4, -0.2) is 40.1 Å². The second-order valence-electron chi connectivity index (χ2n) is 7.16. The summed E-state index contributed by atoms with van der Waals surface area (Å²) in [6, 6.07) is 6.38. The van der Waals surface area contributed by atoms with E-state index in [1.54, 1.807) is 0 Å². The summed E-state index contributed by atoms with van der Waals surface area (Å²) in [5.74, 6) is 0. The molecule has 0 radical (unpaired) electrons. The first-order valence-corrected chi connectivity index (χ1v) is 11.0. The van der Waals surface area contributed by atoms with E-state index >= 15 is 0 Å². The van der Waals surface area contributed by atoms with Crippen molar-refractivity contribution in [2.45, 2.75) is 20.4 Å². The average Bonchev–Trinajstić information content (AvgIpc) is 2.90. The van der Waals surface area contributed by atoms with Gasteiger partial charge in [0.15, 0.2) is 5.65 Å². The molecular weight excluding hydrogens is 536 g/mol. The van der Waals surface area contributed by atoms with Crippen molar-refractivity contribution in [1.82, 2.24) is 19.4 Å². The molecule has 0 amide bonds. The molecule has 0 fully saturated rings. The Balaban J connectivity index is 2.15. The SMILES string of the molecule is Cc1cc2nc3c4cc(Br)c(Br)c(Br)c4n(CCN(C)C)c3nc2cc1C. The maximum atomic E-state index is 5.03. The van der Waals surface area contributed by atoms with Crippen LogP contribution in [0.4, 0.5) is 0 Å².